The van der Waals surface area contributed by atoms with Crippen molar-refractivity contribution in [2.75, 3.05) is 12.3 Å². The Morgan fingerprint density at radius 1 is 1.73 bits per heavy atom. The standard InChI is InChI=1S/C8H11N5OS/c9-8-13-12-6(15-8)4-11-7(14)5-2-1-3-10-5/h1-2,5,10H,3-4H2,(H2,9,13)(H,11,14)/t5-/m0/s1. The third-order valence-corrected chi connectivity index (χ3v) is 2.72. The molecule has 80 valence electrons. The van der Waals surface area contributed by atoms with Crippen LogP contribution in [0.4, 0.5) is 5.13 Å². The average molecular weight is 225 g/mol. The van der Waals surface area contributed by atoms with Crippen molar-refractivity contribution in [2.45, 2.75) is 12.6 Å². The Balaban J connectivity index is 1.82. The van der Waals surface area contributed by atoms with Gasteiger partial charge in [-0.3, -0.25) is 10.1 Å². The highest BCUT2D eigenvalue weighted by atomic mass is 32.1. The topological polar surface area (TPSA) is 92.9 Å². The quantitative estimate of drug-likeness (QED) is 0.589. The van der Waals surface area contributed by atoms with Crippen LogP contribution in [-0.2, 0) is 11.3 Å². The summed E-state index contributed by atoms with van der Waals surface area (Å²) in [5.74, 6) is -0.0579. The Morgan fingerprint density at radius 3 is 3.20 bits per heavy atom. The Hall–Kier alpha value is -1.47. The Bertz CT molecular complexity index is 388. The number of nitrogens with zero attached hydrogens (tertiary/aromatic N) is 2. The Kier molecular flexibility index (Phi) is 2.93. The second kappa shape index (κ2) is 4.37. The summed E-state index contributed by atoms with van der Waals surface area (Å²) in [6.07, 6.45) is 3.76. The molecule has 2 heterocycles. The maximum absolute atomic E-state index is 11.5. The lowest BCUT2D eigenvalue weighted by atomic mass is 10.3. The largest absolute Gasteiger partial charge is 0.374 e. The molecular weight excluding hydrogens is 214 g/mol. The van der Waals surface area contributed by atoms with E-state index in [-0.39, 0.29) is 11.9 Å². The summed E-state index contributed by atoms with van der Waals surface area (Å²) < 4.78 is 0. The van der Waals surface area contributed by atoms with Gasteiger partial charge in [0.15, 0.2) is 0 Å². The lowest BCUT2D eigenvalue weighted by molar-refractivity contribution is -0.122. The fourth-order valence-electron chi connectivity index (χ4n) is 1.26. The van der Waals surface area contributed by atoms with Gasteiger partial charge in [0.25, 0.3) is 0 Å². The molecule has 15 heavy (non-hydrogen) atoms. The molecule has 0 aromatic carbocycles. The molecule has 2 rings (SSSR count). The molecule has 6 nitrogen and oxygen atoms in total. The van der Waals surface area contributed by atoms with Gasteiger partial charge >= 0.3 is 0 Å². The molecule has 0 fully saturated rings. The molecule has 1 aliphatic heterocycles. The van der Waals surface area contributed by atoms with E-state index in [1.54, 1.807) is 0 Å². The lowest BCUT2D eigenvalue weighted by Crippen LogP contribution is -2.40. The van der Waals surface area contributed by atoms with Gasteiger partial charge in [0.2, 0.25) is 11.0 Å². The summed E-state index contributed by atoms with van der Waals surface area (Å²) in [6, 6.07) is -0.227. The number of amides is 1. The predicted molar refractivity (Wildman–Crippen MR) is 57.1 cm³/mol. The third-order valence-electron chi connectivity index (χ3n) is 1.96. The van der Waals surface area contributed by atoms with E-state index in [0.29, 0.717) is 16.7 Å². The van der Waals surface area contributed by atoms with Gasteiger partial charge in [-0.05, 0) is 0 Å². The van der Waals surface area contributed by atoms with Crippen LogP contribution in [0.2, 0.25) is 0 Å². The Labute approximate surface area is 90.6 Å². The zero-order valence-electron chi connectivity index (χ0n) is 7.93. The van der Waals surface area contributed by atoms with E-state index < -0.39 is 0 Å². The van der Waals surface area contributed by atoms with Crippen molar-refractivity contribution in [3.05, 3.63) is 17.2 Å². The van der Waals surface area contributed by atoms with Crippen molar-refractivity contribution in [1.82, 2.24) is 20.8 Å². The molecule has 0 aliphatic carbocycles. The fraction of sp³-hybridized carbons (Fsp3) is 0.375. The highest BCUT2D eigenvalue weighted by molar-refractivity contribution is 7.15. The number of aromatic nitrogens is 2. The second-order valence-corrected chi connectivity index (χ2v) is 4.16. The van der Waals surface area contributed by atoms with Gasteiger partial charge in [0.05, 0.1) is 6.54 Å². The van der Waals surface area contributed by atoms with Crippen LogP contribution in [0.3, 0.4) is 0 Å². The number of hydrogen-bond acceptors (Lipinski definition) is 6. The molecule has 1 aromatic rings. The first kappa shape index (κ1) is 10.1. The van der Waals surface area contributed by atoms with Crippen molar-refractivity contribution < 1.29 is 4.79 Å². The van der Waals surface area contributed by atoms with Crippen LogP contribution in [-0.4, -0.2) is 28.7 Å². The van der Waals surface area contributed by atoms with E-state index in [9.17, 15) is 4.79 Å². The van der Waals surface area contributed by atoms with Gasteiger partial charge in [-0.25, -0.2) is 0 Å². The molecule has 1 amide bonds. The average Bonchev–Trinajstić information content (AvgIpc) is 2.84. The molecule has 0 radical (unpaired) electrons. The lowest BCUT2D eigenvalue weighted by Gasteiger charge is -2.08. The zero-order valence-corrected chi connectivity index (χ0v) is 8.75. The van der Waals surface area contributed by atoms with E-state index in [1.165, 1.54) is 11.3 Å². The molecule has 1 aromatic heterocycles. The van der Waals surface area contributed by atoms with Gasteiger partial charge in [-0.15, -0.1) is 10.2 Å². The SMILES string of the molecule is Nc1nnc(CNC(=O)[C@@H]2C=CCN2)s1. The minimum absolute atomic E-state index is 0.0579. The molecule has 0 saturated heterocycles. The molecule has 7 heteroatoms. The molecule has 0 spiro atoms. The van der Waals surface area contributed by atoms with Crippen LogP contribution in [0.5, 0.6) is 0 Å². The van der Waals surface area contributed by atoms with Crippen molar-refractivity contribution in [3.8, 4) is 0 Å². The first-order valence-corrected chi connectivity index (χ1v) is 5.33. The van der Waals surface area contributed by atoms with Crippen molar-refractivity contribution in [1.29, 1.82) is 0 Å². The number of carbonyl (C=O) groups is 1. The number of rotatable bonds is 3. The highest BCUT2D eigenvalue weighted by Gasteiger charge is 2.17. The summed E-state index contributed by atoms with van der Waals surface area (Å²) in [6.45, 7) is 1.11. The predicted octanol–water partition coefficient (Wildman–Crippen LogP) is -0.736. The van der Waals surface area contributed by atoms with Crippen LogP contribution in [0.15, 0.2) is 12.2 Å². The van der Waals surface area contributed by atoms with Gasteiger partial charge in [0, 0.05) is 6.54 Å². The zero-order chi connectivity index (χ0) is 10.7. The van der Waals surface area contributed by atoms with Crippen molar-refractivity contribution in [2.24, 2.45) is 0 Å². The number of nitrogens with two attached hydrogens (primary N) is 1. The minimum Gasteiger partial charge on any atom is -0.374 e. The van der Waals surface area contributed by atoms with Crippen LogP contribution in [0, 0.1) is 0 Å². The van der Waals surface area contributed by atoms with E-state index in [0.717, 1.165) is 6.54 Å². The van der Waals surface area contributed by atoms with Crippen LogP contribution < -0.4 is 16.4 Å². The van der Waals surface area contributed by atoms with Gasteiger partial charge in [-0.1, -0.05) is 23.5 Å². The first-order valence-electron chi connectivity index (χ1n) is 4.51. The number of anilines is 1. The van der Waals surface area contributed by atoms with E-state index in [2.05, 4.69) is 20.8 Å². The molecule has 1 aliphatic rings. The van der Waals surface area contributed by atoms with Gasteiger partial charge in [0.1, 0.15) is 11.0 Å². The number of carbonyl (C=O) groups excluding carboxylic acids is 1. The molecular formula is C8H11N5OS. The van der Waals surface area contributed by atoms with Gasteiger partial charge < -0.3 is 11.1 Å². The minimum atomic E-state index is -0.227. The maximum Gasteiger partial charge on any atom is 0.241 e. The summed E-state index contributed by atoms with van der Waals surface area (Å²) in [5.41, 5.74) is 5.42. The summed E-state index contributed by atoms with van der Waals surface area (Å²) in [7, 11) is 0. The van der Waals surface area contributed by atoms with Crippen molar-refractivity contribution >= 4 is 22.4 Å². The normalized spacial score (nSPS) is 19.3. The van der Waals surface area contributed by atoms with Gasteiger partial charge in [-0.2, -0.15) is 0 Å². The molecule has 0 bridgehead atoms. The highest BCUT2D eigenvalue weighted by Crippen LogP contribution is 2.10. The van der Waals surface area contributed by atoms with E-state index >= 15 is 0 Å². The third kappa shape index (κ3) is 2.51. The molecule has 4 N–H and O–H groups in total. The van der Waals surface area contributed by atoms with E-state index in [1.807, 2.05) is 12.2 Å². The Morgan fingerprint density at radius 2 is 2.60 bits per heavy atom. The van der Waals surface area contributed by atoms with Crippen molar-refractivity contribution in [3.63, 3.8) is 0 Å². The molecule has 0 unspecified atom stereocenters. The van der Waals surface area contributed by atoms with Crippen LogP contribution in [0.25, 0.3) is 0 Å². The summed E-state index contributed by atoms with van der Waals surface area (Å²) >= 11 is 1.27. The van der Waals surface area contributed by atoms with E-state index in [4.69, 9.17) is 5.73 Å². The molecule has 1 atom stereocenters. The van der Waals surface area contributed by atoms with Crippen LogP contribution in [0.1, 0.15) is 5.01 Å². The summed E-state index contributed by atoms with van der Waals surface area (Å²) in [5, 5.41) is 14.4. The first-order chi connectivity index (χ1) is 7.25. The monoisotopic (exact) mass is 225 g/mol. The second-order valence-electron chi connectivity index (χ2n) is 3.07. The number of hydrogen-bond donors (Lipinski definition) is 3. The number of nitrogens with one attached hydrogen (secondary N) is 2. The molecule has 0 saturated carbocycles. The fourth-order valence-corrected chi connectivity index (χ4v) is 1.81. The smallest absolute Gasteiger partial charge is 0.241 e. The number of nitrogen functional groups attached to an aromatic ring is 1. The maximum atomic E-state index is 11.5. The summed E-state index contributed by atoms with van der Waals surface area (Å²) in [4.78, 5) is 11.5. The van der Waals surface area contributed by atoms with Crippen LogP contribution >= 0.6 is 11.3 Å².